The van der Waals surface area contributed by atoms with Crippen LogP contribution in [0.2, 0.25) is 0 Å². The average molecular weight is 558 g/mol. The van der Waals surface area contributed by atoms with Crippen molar-refractivity contribution < 1.29 is 28.6 Å². The molecule has 2 atom stereocenters. The highest BCUT2D eigenvalue weighted by Crippen LogP contribution is 2.41. The first kappa shape index (κ1) is 28.1. The highest BCUT2D eigenvalue weighted by atomic mass is 35.5. The van der Waals surface area contributed by atoms with Crippen molar-refractivity contribution in [1.29, 1.82) is 0 Å². The van der Waals surface area contributed by atoms with E-state index in [0.29, 0.717) is 17.9 Å². The Labute approximate surface area is 219 Å². The highest BCUT2D eigenvalue weighted by molar-refractivity contribution is 7.33. The third kappa shape index (κ3) is 8.28. The van der Waals surface area contributed by atoms with E-state index < -0.39 is 29.6 Å². The van der Waals surface area contributed by atoms with Crippen LogP contribution in [-0.2, 0) is 9.53 Å². The first-order chi connectivity index (χ1) is 17.2. The predicted molar refractivity (Wildman–Crippen MR) is 134 cm³/mol. The van der Waals surface area contributed by atoms with E-state index in [4.69, 9.17) is 37.2 Å². The minimum absolute atomic E-state index is 0.0420. The molecule has 1 unspecified atom stereocenters. The number of rotatable bonds is 11. The van der Waals surface area contributed by atoms with E-state index in [-0.39, 0.29) is 17.4 Å². The second kappa shape index (κ2) is 13.2. The Hall–Kier alpha value is -2.49. The van der Waals surface area contributed by atoms with Crippen molar-refractivity contribution >= 4 is 43.0 Å². The van der Waals surface area contributed by atoms with Crippen LogP contribution in [0.1, 0.15) is 45.4 Å². The Morgan fingerprint density at radius 2 is 1.67 bits per heavy atom. The molecule has 2 aromatic rings. The molecule has 13 heteroatoms. The maximum atomic E-state index is 12.5. The maximum Gasteiger partial charge on any atom is 0.412 e. The van der Waals surface area contributed by atoms with Crippen molar-refractivity contribution in [3.05, 3.63) is 58.6 Å². The molecular weight excluding hydrogens is 532 g/mol. The van der Waals surface area contributed by atoms with Crippen molar-refractivity contribution in [2.45, 2.75) is 56.0 Å². The first-order valence-electron chi connectivity index (χ1n) is 11.4. The van der Waals surface area contributed by atoms with Gasteiger partial charge in [-0.05, 0) is 55.7 Å². The van der Waals surface area contributed by atoms with Gasteiger partial charge in [0.25, 0.3) is 10.2 Å². The standard InChI is InChI=1S/C23H26Cl2N3O7P/c1-2-21(22(29)34-23(24,25)16-6-4-3-5-7-16)26-27-36(32)35-20-14-12-19(13-15-20)33-18-10-8-17(9-11-18)28(30)31/h8-16,21,26H,2-7H2,1H3/t21-/m0/s1. The van der Waals surface area contributed by atoms with E-state index in [9.17, 15) is 19.8 Å². The molecule has 1 N–H and O–H groups in total. The Morgan fingerprint density at radius 1 is 1.11 bits per heavy atom. The number of alkyl halides is 2. The van der Waals surface area contributed by atoms with E-state index in [0.717, 1.165) is 32.1 Å². The van der Waals surface area contributed by atoms with Gasteiger partial charge in [0.1, 0.15) is 17.5 Å². The van der Waals surface area contributed by atoms with Crippen molar-refractivity contribution in [3.8, 4) is 17.2 Å². The number of non-ortho nitro benzene ring substituents is 1. The Balaban J connectivity index is 1.51. The number of nitro groups is 1. The van der Waals surface area contributed by atoms with Crippen molar-refractivity contribution in [2.75, 3.05) is 0 Å². The summed E-state index contributed by atoms with van der Waals surface area (Å²) in [5.41, 5.74) is 2.48. The summed E-state index contributed by atoms with van der Waals surface area (Å²) in [6.45, 7) is 1.73. The Bertz CT molecular complexity index is 1060. The minimum Gasteiger partial charge on any atom is -0.574 e. The van der Waals surface area contributed by atoms with Crippen LogP contribution in [0.15, 0.2) is 53.4 Å². The molecule has 0 radical (unpaired) electrons. The second-order valence-electron chi connectivity index (χ2n) is 8.16. The molecule has 3 rings (SSSR count). The molecule has 0 aromatic heterocycles. The predicted octanol–water partition coefficient (Wildman–Crippen LogP) is 6.16. The molecule has 36 heavy (non-hydrogen) atoms. The van der Waals surface area contributed by atoms with Gasteiger partial charge in [0.15, 0.2) is 5.75 Å². The molecule has 10 nitrogen and oxygen atoms in total. The SMILES string of the molecule is CC[C@H](N/N=[P+](\[O-])Oc1ccc(Oc2ccc([N+](=O)[O-])cc2)cc1)C(=O)OC(Cl)(Cl)C1CCCCC1. The van der Waals surface area contributed by atoms with Gasteiger partial charge >= 0.3 is 14.1 Å². The van der Waals surface area contributed by atoms with Gasteiger partial charge in [0.05, 0.1) is 4.92 Å². The zero-order valence-corrected chi connectivity index (χ0v) is 21.9. The van der Waals surface area contributed by atoms with Crippen LogP contribution in [0.4, 0.5) is 5.69 Å². The number of benzene rings is 2. The Kier molecular flexibility index (Phi) is 10.3. The van der Waals surface area contributed by atoms with Crippen molar-refractivity contribution in [3.63, 3.8) is 0 Å². The molecule has 1 fully saturated rings. The summed E-state index contributed by atoms with van der Waals surface area (Å²) in [6, 6.07) is 10.9. The van der Waals surface area contributed by atoms with Crippen molar-refractivity contribution in [1.82, 2.24) is 5.43 Å². The summed E-state index contributed by atoms with van der Waals surface area (Å²) in [5.74, 6) is 0.289. The fourth-order valence-corrected chi connectivity index (χ4v) is 4.77. The summed E-state index contributed by atoms with van der Waals surface area (Å²) in [5, 5.41) is 10.7. The molecule has 1 aliphatic carbocycles. The van der Waals surface area contributed by atoms with Gasteiger partial charge in [0.2, 0.25) is 0 Å². The lowest BCUT2D eigenvalue weighted by Gasteiger charge is -2.32. The minimum atomic E-state index is -2.55. The van der Waals surface area contributed by atoms with E-state index in [1.54, 1.807) is 19.1 Å². The fourth-order valence-electron chi connectivity index (χ4n) is 3.61. The number of hydrogen-bond donors (Lipinski definition) is 1. The van der Waals surface area contributed by atoms with Crippen LogP contribution in [0.25, 0.3) is 0 Å². The zero-order chi connectivity index (χ0) is 26.1. The van der Waals surface area contributed by atoms with Gasteiger partial charge in [-0.15, -0.1) is 0 Å². The molecule has 0 aliphatic heterocycles. The van der Waals surface area contributed by atoms with E-state index in [1.807, 2.05) is 0 Å². The number of carbonyl (C=O) groups excluding carboxylic acids is 1. The average Bonchev–Trinajstić information content (AvgIpc) is 2.86. The fraction of sp³-hybridized carbons (Fsp3) is 0.435. The van der Waals surface area contributed by atoms with E-state index >= 15 is 0 Å². The second-order valence-corrected chi connectivity index (χ2v) is 10.3. The first-order valence-corrected chi connectivity index (χ1v) is 13.3. The van der Waals surface area contributed by atoms with Gasteiger partial charge in [0, 0.05) is 22.9 Å². The number of ether oxygens (including phenoxy) is 2. The van der Waals surface area contributed by atoms with Crippen LogP contribution < -0.4 is 19.6 Å². The molecule has 0 amide bonds. The van der Waals surface area contributed by atoms with Crippen LogP contribution >= 0.6 is 31.4 Å². The number of carbonyl (C=O) groups is 1. The molecule has 2 aromatic carbocycles. The number of nitrogens with one attached hydrogen (secondary N) is 1. The lowest BCUT2D eigenvalue weighted by atomic mass is 9.89. The van der Waals surface area contributed by atoms with Crippen LogP contribution in [-0.4, -0.2) is 21.5 Å². The normalized spacial score (nSPS) is 15.7. The zero-order valence-electron chi connectivity index (χ0n) is 19.5. The van der Waals surface area contributed by atoms with Gasteiger partial charge in [-0.1, -0.05) is 49.4 Å². The third-order valence-corrected chi connectivity index (χ3v) is 7.01. The molecule has 1 saturated carbocycles. The maximum absolute atomic E-state index is 12.5. The summed E-state index contributed by atoms with van der Waals surface area (Å²) >= 11 is 12.6. The number of hydrogen-bond acceptors (Lipinski definition) is 8. The van der Waals surface area contributed by atoms with Gasteiger partial charge < -0.3 is 14.4 Å². The number of nitrogens with zero attached hydrogens (tertiary/aromatic N) is 2. The largest absolute Gasteiger partial charge is 0.574 e. The molecule has 194 valence electrons. The summed E-state index contributed by atoms with van der Waals surface area (Å²) in [4.78, 5) is 38.8. The van der Waals surface area contributed by atoms with Crippen LogP contribution in [0.5, 0.6) is 17.2 Å². The molecular formula is C23H26Cl2N3O7P. The smallest absolute Gasteiger partial charge is 0.412 e. The lowest BCUT2D eigenvalue weighted by molar-refractivity contribution is -0.384. The summed E-state index contributed by atoms with van der Waals surface area (Å²) in [6.07, 6.45) is 4.94. The lowest BCUT2D eigenvalue weighted by Crippen LogP contribution is -2.41. The molecule has 0 bridgehead atoms. The van der Waals surface area contributed by atoms with Gasteiger partial charge in [-0.2, -0.15) is 5.43 Å². The highest BCUT2D eigenvalue weighted by Gasteiger charge is 2.40. The molecule has 0 heterocycles. The molecule has 0 saturated heterocycles. The quantitative estimate of drug-likeness (QED) is 0.114. The molecule has 1 aliphatic rings. The Morgan fingerprint density at radius 3 is 2.22 bits per heavy atom. The molecule has 0 spiro atoms. The number of halogens is 2. The summed E-state index contributed by atoms with van der Waals surface area (Å²) < 4.78 is 14.6. The van der Waals surface area contributed by atoms with Crippen LogP contribution in [0.3, 0.4) is 0 Å². The van der Waals surface area contributed by atoms with Gasteiger partial charge in [-0.3, -0.25) is 19.4 Å². The van der Waals surface area contributed by atoms with E-state index in [1.165, 1.54) is 36.4 Å². The van der Waals surface area contributed by atoms with E-state index in [2.05, 4.69) is 10.3 Å². The van der Waals surface area contributed by atoms with Crippen molar-refractivity contribution in [2.24, 2.45) is 10.8 Å². The number of nitro benzene ring substituents is 1. The monoisotopic (exact) mass is 557 g/mol. The topological polar surface area (TPSA) is 135 Å². The third-order valence-electron chi connectivity index (χ3n) is 5.60. The summed E-state index contributed by atoms with van der Waals surface area (Å²) in [7, 11) is -2.55. The van der Waals surface area contributed by atoms with Gasteiger partial charge in [-0.25, -0.2) is 0 Å². The number of esters is 1. The van der Waals surface area contributed by atoms with Crippen LogP contribution in [0, 0.1) is 16.0 Å².